The molecule has 0 spiro atoms. The molecule has 5 aromatic rings. The third-order valence-corrected chi connectivity index (χ3v) is 5.72. The Kier molecular flexibility index (Phi) is 5.19. The number of benzene rings is 2. The topological polar surface area (TPSA) is 83.4 Å². The van der Waals surface area contributed by atoms with Gasteiger partial charge in [0.15, 0.2) is 5.82 Å². The third-order valence-electron chi connectivity index (χ3n) is 5.72. The van der Waals surface area contributed by atoms with Crippen LogP contribution in [-0.2, 0) is 12.8 Å². The molecule has 0 unspecified atom stereocenters. The Morgan fingerprint density at radius 1 is 0.812 bits per heavy atom. The number of hydrogen-bond acceptors (Lipinski definition) is 4. The Morgan fingerprint density at radius 2 is 1.50 bits per heavy atom. The van der Waals surface area contributed by atoms with Crippen LogP contribution in [0.2, 0.25) is 0 Å². The number of hydrogen-bond donors (Lipinski definition) is 2. The molecule has 6 nitrogen and oxygen atoms in total. The number of nitrogens with zero attached hydrogens (tertiary/aromatic N) is 3. The van der Waals surface area contributed by atoms with E-state index in [0.717, 1.165) is 69.3 Å². The van der Waals surface area contributed by atoms with E-state index >= 15 is 0 Å². The summed E-state index contributed by atoms with van der Waals surface area (Å²) in [5.41, 5.74) is 7.91. The number of aryl methyl sites for hydroxylation is 3. The maximum Gasteiger partial charge on any atom is 0.183 e. The highest BCUT2D eigenvalue weighted by Gasteiger charge is 2.29. The molecule has 3 heterocycles. The zero-order valence-corrected chi connectivity index (χ0v) is 18.4. The van der Waals surface area contributed by atoms with Crippen molar-refractivity contribution in [3.8, 4) is 45.0 Å². The van der Waals surface area contributed by atoms with Gasteiger partial charge in [-0.2, -0.15) is 5.10 Å². The number of aromatic amines is 2. The van der Waals surface area contributed by atoms with Gasteiger partial charge in [-0.3, -0.25) is 5.10 Å². The lowest BCUT2D eigenvalue weighted by molar-refractivity contribution is 0.389. The molecule has 0 saturated heterocycles. The van der Waals surface area contributed by atoms with Crippen LogP contribution < -0.4 is 0 Å². The maximum atomic E-state index is 5.86. The fourth-order valence-corrected chi connectivity index (χ4v) is 4.16. The van der Waals surface area contributed by atoms with Gasteiger partial charge in [0.25, 0.3) is 0 Å². The van der Waals surface area contributed by atoms with E-state index in [1.807, 2.05) is 36.4 Å². The van der Waals surface area contributed by atoms with Crippen molar-refractivity contribution in [2.24, 2.45) is 0 Å². The fourth-order valence-electron chi connectivity index (χ4n) is 4.16. The Hall–Kier alpha value is -3.93. The summed E-state index contributed by atoms with van der Waals surface area (Å²) < 4.78 is 5.86. The number of nitrogens with one attached hydrogen (secondary N) is 2. The highest BCUT2D eigenvalue weighted by atomic mass is 16.5. The quantitative estimate of drug-likeness (QED) is 0.339. The molecule has 0 aliphatic carbocycles. The Balaban J connectivity index is 1.85. The monoisotopic (exact) mass is 423 g/mol. The van der Waals surface area contributed by atoms with Crippen molar-refractivity contribution in [2.45, 2.75) is 33.6 Å². The summed E-state index contributed by atoms with van der Waals surface area (Å²) in [5.74, 6) is 2.37. The van der Waals surface area contributed by atoms with Gasteiger partial charge in [0.05, 0.1) is 16.8 Å². The first-order valence-corrected chi connectivity index (χ1v) is 10.9. The fraction of sp³-hybridized carbons (Fsp3) is 0.192. The third kappa shape index (κ3) is 3.34. The smallest absolute Gasteiger partial charge is 0.183 e. The Bertz CT molecular complexity index is 1350. The average molecular weight is 424 g/mol. The van der Waals surface area contributed by atoms with Crippen molar-refractivity contribution in [1.29, 1.82) is 0 Å². The van der Waals surface area contributed by atoms with E-state index in [4.69, 9.17) is 9.51 Å². The van der Waals surface area contributed by atoms with Crippen LogP contribution in [0.25, 0.3) is 45.0 Å². The Morgan fingerprint density at radius 3 is 2.12 bits per heavy atom. The number of rotatable bonds is 6. The zero-order chi connectivity index (χ0) is 22.1. The average Bonchev–Trinajstić information content (AvgIpc) is 3.56. The van der Waals surface area contributed by atoms with Gasteiger partial charge in [-0.15, -0.1) is 0 Å². The normalized spacial score (nSPS) is 11.2. The summed E-state index contributed by atoms with van der Waals surface area (Å²) in [6.07, 6.45) is 1.52. The minimum atomic E-state index is 0.676. The van der Waals surface area contributed by atoms with E-state index in [9.17, 15) is 0 Å². The van der Waals surface area contributed by atoms with Gasteiger partial charge in [0.1, 0.15) is 17.3 Å². The predicted molar refractivity (Wildman–Crippen MR) is 126 cm³/mol. The van der Waals surface area contributed by atoms with Crippen molar-refractivity contribution in [2.75, 3.05) is 0 Å². The number of aromatic nitrogens is 5. The van der Waals surface area contributed by atoms with Crippen molar-refractivity contribution in [1.82, 2.24) is 25.3 Å². The van der Waals surface area contributed by atoms with Crippen LogP contribution in [0.15, 0.2) is 65.2 Å². The minimum Gasteiger partial charge on any atom is -0.360 e. The van der Waals surface area contributed by atoms with Crippen LogP contribution in [0.3, 0.4) is 0 Å². The molecule has 0 radical (unpaired) electrons. The molecule has 0 saturated carbocycles. The van der Waals surface area contributed by atoms with Crippen LogP contribution in [0.4, 0.5) is 0 Å². The molecule has 0 amide bonds. The largest absolute Gasteiger partial charge is 0.360 e. The van der Waals surface area contributed by atoms with Gasteiger partial charge < -0.3 is 9.51 Å². The predicted octanol–water partition coefficient (Wildman–Crippen LogP) is 6.22. The molecule has 0 atom stereocenters. The van der Waals surface area contributed by atoms with E-state index in [0.29, 0.717) is 5.82 Å². The molecular weight excluding hydrogens is 398 g/mol. The summed E-state index contributed by atoms with van der Waals surface area (Å²) in [5, 5.41) is 12.1. The maximum absolute atomic E-state index is 5.86. The van der Waals surface area contributed by atoms with Crippen molar-refractivity contribution in [3.05, 3.63) is 77.9 Å². The first kappa shape index (κ1) is 20.0. The van der Waals surface area contributed by atoms with Gasteiger partial charge in [0.2, 0.25) is 0 Å². The molecule has 0 fully saturated rings. The van der Waals surface area contributed by atoms with Crippen LogP contribution in [0.1, 0.15) is 31.1 Å². The zero-order valence-electron chi connectivity index (χ0n) is 18.4. The van der Waals surface area contributed by atoms with Crippen LogP contribution in [0, 0.1) is 6.92 Å². The molecule has 0 aliphatic heterocycles. The van der Waals surface area contributed by atoms with Gasteiger partial charge in [0, 0.05) is 29.7 Å². The first-order chi connectivity index (χ1) is 15.7. The molecule has 32 heavy (non-hydrogen) atoms. The number of H-pyrrole nitrogens is 2. The highest BCUT2D eigenvalue weighted by Crippen LogP contribution is 2.46. The SMILES string of the molecule is CCc1nc(-c2c(C)[nH]c(-c3ccccc3)c2-c2c(-c3ccccc3)noc2CC)n[nH]1. The summed E-state index contributed by atoms with van der Waals surface area (Å²) in [4.78, 5) is 8.37. The van der Waals surface area contributed by atoms with E-state index in [-0.39, 0.29) is 0 Å². The van der Waals surface area contributed by atoms with E-state index in [1.54, 1.807) is 0 Å². The minimum absolute atomic E-state index is 0.676. The molecule has 2 N–H and O–H groups in total. The summed E-state index contributed by atoms with van der Waals surface area (Å²) >= 11 is 0. The van der Waals surface area contributed by atoms with Gasteiger partial charge >= 0.3 is 0 Å². The molecule has 160 valence electrons. The molecule has 2 aromatic carbocycles. The highest BCUT2D eigenvalue weighted by molar-refractivity contribution is 5.98. The first-order valence-electron chi connectivity index (χ1n) is 10.9. The van der Waals surface area contributed by atoms with Crippen LogP contribution >= 0.6 is 0 Å². The van der Waals surface area contributed by atoms with Crippen LogP contribution in [0.5, 0.6) is 0 Å². The van der Waals surface area contributed by atoms with Crippen molar-refractivity contribution in [3.63, 3.8) is 0 Å². The summed E-state index contributed by atoms with van der Waals surface area (Å²) in [7, 11) is 0. The molecule has 6 heteroatoms. The lowest BCUT2D eigenvalue weighted by atomic mass is 9.92. The van der Waals surface area contributed by atoms with E-state index in [1.165, 1.54) is 0 Å². The standard InChI is InChI=1S/C26H25N5O/c1-4-19-22(25(31-32-19)18-14-10-7-11-15-18)23-21(26-28-20(5-2)29-30-26)16(3)27-24(23)17-12-8-6-9-13-17/h6-15,27H,4-5H2,1-3H3,(H,28,29,30). The summed E-state index contributed by atoms with van der Waals surface area (Å²) in [6, 6.07) is 20.5. The van der Waals surface area contributed by atoms with Crippen molar-refractivity contribution < 1.29 is 4.52 Å². The van der Waals surface area contributed by atoms with Gasteiger partial charge in [-0.25, -0.2) is 4.98 Å². The van der Waals surface area contributed by atoms with Crippen LogP contribution in [-0.4, -0.2) is 25.3 Å². The van der Waals surface area contributed by atoms with Gasteiger partial charge in [-0.05, 0) is 12.5 Å². The van der Waals surface area contributed by atoms with Gasteiger partial charge in [-0.1, -0.05) is 79.7 Å². The Labute approximate surface area is 186 Å². The summed E-state index contributed by atoms with van der Waals surface area (Å²) in [6.45, 7) is 6.21. The molecule has 5 rings (SSSR count). The molecular formula is C26H25N5O. The molecule has 0 aliphatic rings. The van der Waals surface area contributed by atoms with E-state index < -0.39 is 0 Å². The van der Waals surface area contributed by atoms with Crippen molar-refractivity contribution >= 4 is 0 Å². The molecule has 3 aromatic heterocycles. The lowest BCUT2D eigenvalue weighted by Crippen LogP contribution is -1.92. The molecule has 0 bridgehead atoms. The van der Waals surface area contributed by atoms with E-state index in [2.05, 4.69) is 65.4 Å². The second-order valence-electron chi connectivity index (χ2n) is 7.75. The second kappa shape index (κ2) is 8.30. The second-order valence-corrected chi connectivity index (χ2v) is 7.75. The lowest BCUT2D eigenvalue weighted by Gasteiger charge is -2.09.